The number of rotatable bonds is 10. The number of hydrogen-bond acceptors (Lipinski definition) is 8. The van der Waals surface area contributed by atoms with Gasteiger partial charge in [-0.25, -0.2) is 14.6 Å². The summed E-state index contributed by atoms with van der Waals surface area (Å²) in [4.78, 5) is 69.2. The van der Waals surface area contributed by atoms with E-state index in [0.29, 0.717) is 18.3 Å². The average Bonchev–Trinajstić information content (AvgIpc) is 3.84. The van der Waals surface area contributed by atoms with Crippen LogP contribution in [0.15, 0.2) is 65.8 Å². The Hall–Kier alpha value is -5.72. The second-order valence-corrected chi connectivity index (χ2v) is 17.4. The zero-order chi connectivity index (χ0) is 40.6. The maximum absolute atomic E-state index is 13.9. The Morgan fingerprint density at radius 3 is 1.84 bits per heavy atom. The Balaban J connectivity index is 0.894. The minimum atomic E-state index is -0.677. The maximum atomic E-state index is 13.9. The minimum absolute atomic E-state index is 0.0584. The molecule has 3 aliphatic heterocycles. The van der Waals surface area contributed by atoms with E-state index >= 15 is 0 Å². The highest BCUT2D eigenvalue weighted by Crippen LogP contribution is 2.54. The molecule has 9 rings (SSSR count). The normalized spacial score (nSPS) is 24.9. The molecular formula is C45H51N7O6. The summed E-state index contributed by atoms with van der Waals surface area (Å²) < 4.78 is 9.63. The smallest absolute Gasteiger partial charge is 0.407 e. The molecule has 58 heavy (non-hydrogen) atoms. The van der Waals surface area contributed by atoms with E-state index in [0.717, 1.165) is 81.6 Å². The molecule has 2 saturated carbocycles. The molecule has 4 fully saturated rings. The molecule has 0 bridgehead atoms. The van der Waals surface area contributed by atoms with Crippen LogP contribution in [-0.4, -0.2) is 93.9 Å². The van der Waals surface area contributed by atoms with Crippen molar-refractivity contribution >= 4 is 46.2 Å². The van der Waals surface area contributed by atoms with E-state index in [4.69, 9.17) is 19.5 Å². The monoisotopic (exact) mass is 785 g/mol. The van der Waals surface area contributed by atoms with Crippen LogP contribution in [0.5, 0.6) is 0 Å². The summed E-state index contributed by atoms with van der Waals surface area (Å²) in [5, 5.41) is 7.73. The van der Waals surface area contributed by atoms with Gasteiger partial charge in [0.15, 0.2) is 0 Å². The number of H-pyrrole nitrogens is 1. The molecule has 5 aliphatic rings. The molecule has 4 amide bonds. The number of nitrogens with zero attached hydrogens (tertiary/aromatic N) is 4. The average molecular weight is 786 g/mol. The Morgan fingerprint density at radius 1 is 0.707 bits per heavy atom. The second-order valence-electron chi connectivity index (χ2n) is 17.4. The molecule has 0 radical (unpaired) electrons. The van der Waals surface area contributed by atoms with Gasteiger partial charge in [-0.05, 0) is 101 Å². The van der Waals surface area contributed by atoms with Crippen LogP contribution in [0.4, 0.5) is 15.3 Å². The van der Waals surface area contributed by atoms with Crippen molar-refractivity contribution in [3.8, 4) is 22.4 Å². The standard InChI is InChI=1S/C45H51N7O6/c1-22(2)39(49-44(55)57-5)42(53)51-35-17-30(35)19-37(51)33-16-29-15-27(11-12-32(29)47-33)24-7-8-26-14-28(10-9-25(26)13-24)34-21-46-41(48-34)38-20-31-18-36(31)52(38)43(54)40(23(3)4)50-45(56)58-6/h7-15,21-23,30-31,35-40H,16-20H2,1-6H3,(H,46,48)(H,49,55)(H,50,56)/t30-,31-,35-,36-,37+,38+,39+,40+/m1/s1. The first kappa shape index (κ1) is 37.8. The van der Waals surface area contributed by atoms with Crippen molar-refractivity contribution in [1.82, 2.24) is 30.4 Å². The molecule has 3 aromatic carbocycles. The summed E-state index contributed by atoms with van der Waals surface area (Å²) in [7, 11) is 2.62. The van der Waals surface area contributed by atoms with Crippen LogP contribution in [0.2, 0.25) is 0 Å². The summed E-state index contributed by atoms with van der Waals surface area (Å²) in [6.45, 7) is 7.73. The Bertz CT molecular complexity index is 2350. The van der Waals surface area contributed by atoms with Crippen LogP contribution >= 0.6 is 0 Å². The first-order valence-electron chi connectivity index (χ1n) is 20.6. The fraction of sp³-hybridized carbons (Fsp3) is 0.467. The predicted molar refractivity (Wildman–Crippen MR) is 219 cm³/mol. The zero-order valence-electron chi connectivity index (χ0n) is 33.8. The molecule has 0 unspecified atom stereocenters. The summed E-state index contributed by atoms with van der Waals surface area (Å²) in [5.41, 5.74) is 7.23. The number of aromatic nitrogens is 2. The first-order chi connectivity index (χ1) is 27.9. The molecule has 4 aromatic rings. The van der Waals surface area contributed by atoms with E-state index in [1.165, 1.54) is 14.2 Å². The second kappa shape index (κ2) is 14.6. The van der Waals surface area contributed by atoms with Gasteiger partial charge in [-0.2, -0.15) is 0 Å². The predicted octanol–water partition coefficient (Wildman–Crippen LogP) is 6.94. The van der Waals surface area contributed by atoms with Crippen molar-refractivity contribution in [3.63, 3.8) is 0 Å². The van der Waals surface area contributed by atoms with Crippen molar-refractivity contribution in [1.29, 1.82) is 0 Å². The molecular weight excluding hydrogens is 735 g/mol. The first-order valence-corrected chi connectivity index (χ1v) is 20.6. The number of carbonyl (C=O) groups is 4. The number of fused-ring (bicyclic) bond motifs is 4. The maximum Gasteiger partial charge on any atom is 0.407 e. The van der Waals surface area contributed by atoms with Gasteiger partial charge in [-0.1, -0.05) is 58.0 Å². The number of ether oxygens (including phenoxy) is 2. The van der Waals surface area contributed by atoms with Gasteiger partial charge >= 0.3 is 12.2 Å². The van der Waals surface area contributed by atoms with Gasteiger partial charge in [0.05, 0.1) is 43.9 Å². The van der Waals surface area contributed by atoms with Gasteiger partial charge in [0, 0.05) is 29.8 Å². The lowest BCUT2D eigenvalue weighted by Crippen LogP contribution is -2.55. The number of piperidine rings is 2. The highest BCUT2D eigenvalue weighted by atomic mass is 16.5. The third kappa shape index (κ3) is 6.77. The number of benzene rings is 3. The number of amides is 4. The van der Waals surface area contributed by atoms with Crippen LogP contribution in [0.25, 0.3) is 33.2 Å². The fourth-order valence-corrected chi connectivity index (χ4v) is 9.65. The van der Waals surface area contributed by atoms with Crippen LogP contribution in [0.3, 0.4) is 0 Å². The lowest BCUT2D eigenvalue weighted by atomic mass is 9.95. The lowest BCUT2D eigenvalue weighted by Gasteiger charge is -2.32. The molecule has 2 aliphatic carbocycles. The van der Waals surface area contributed by atoms with Gasteiger partial charge in [0.1, 0.15) is 17.9 Å². The minimum Gasteiger partial charge on any atom is -0.453 e. The Labute approximate surface area is 338 Å². The largest absolute Gasteiger partial charge is 0.453 e. The molecule has 1 aromatic heterocycles. The number of likely N-dealkylation sites (tertiary alicyclic amines) is 2. The van der Waals surface area contributed by atoms with Crippen molar-refractivity contribution in [2.45, 2.75) is 96.1 Å². The Kier molecular flexibility index (Phi) is 9.51. The number of imidazole rings is 1. The van der Waals surface area contributed by atoms with E-state index in [1.807, 2.05) is 43.7 Å². The van der Waals surface area contributed by atoms with Crippen molar-refractivity contribution in [2.75, 3.05) is 14.2 Å². The van der Waals surface area contributed by atoms with Crippen LogP contribution in [-0.2, 0) is 25.5 Å². The highest BCUT2D eigenvalue weighted by Gasteiger charge is 2.57. The van der Waals surface area contributed by atoms with Crippen LogP contribution in [0, 0.1) is 23.7 Å². The summed E-state index contributed by atoms with van der Waals surface area (Å²) in [6.07, 6.45) is 5.05. The number of alkyl carbamates (subject to hydrolysis) is 2. The van der Waals surface area contributed by atoms with Gasteiger partial charge < -0.3 is 34.9 Å². The van der Waals surface area contributed by atoms with E-state index in [1.54, 1.807) is 0 Å². The zero-order valence-corrected chi connectivity index (χ0v) is 33.8. The number of nitrogens with one attached hydrogen (secondary N) is 3. The molecule has 13 heteroatoms. The van der Waals surface area contributed by atoms with Crippen molar-refractivity contribution in [2.24, 2.45) is 28.7 Å². The topological polar surface area (TPSA) is 158 Å². The number of aromatic amines is 1. The van der Waals surface area contributed by atoms with Crippen LogP contribution < -0.4 is 10.6 Å². The van der Waals surface area contributed by atoms with Crippen LogP contribution in [0.1, 0.15) is 70.8 Å². The quantitative estimate of drug-likeness (QED) is 0.157. The summed E-state index contributed by atoms with van der Waals surface area (Å²) in [6, 6.07) is 18.1. The Morgan fingerprint density at radius 2 is 1.24 bits per heavy atom. The molecule has 13 nitrogen and oxygen atoms in total. The van der Waals surface area contributed by atoms with Gasteiger partial charge in [-0.15, -0.1) is 0 Å². The molecule has 8 atom stereocenters. The van der Waals surface area contributed by atoms with Crippen molar-refractivity contribution < 1.29 is 28.7 Å². The highest BCUT2D eigenvalue weighted by molar-refractivity contribution is 6.02. The van der Waals surface area contributed by atoms with Crippen molar-refractivity contribution in [3.05, 3.63) is 72.2 Å². The third-order valence-electron chi connectivity index (χ3n) is 13.0. The number of aliphatic imine (C=N–C) groups is 1. The van der Waals surface area contributed by atoms with Gasteiger partial charge in [0.2, 0.25) is 11.8 Å². The molecule has 302 valence electrons. The van der Waals surface area contributed by atoms with Gasteiger partial charge in [-0.3, -0.25) is 14.6 Å². The molecule has 0 spiro atoms. The van der Waals surface area contributed by atoms with E-state index in [9.17, 15) is 19.2 Å². The number of hydrogen-bond donors (Lipinski definition) is 3. The van der Waals surface area contributed by atoms with E-state index in [2.05, 4.69) is 70.2 Å². The fourth-order valence-electron chi connectivity index (χ4n) is 9.65. The molecule has 4 heterocycles. The summed E-state index contributed by atoms with van der Waals surface area (Å²) in [5.74, 6) is 1.35. The number of carbonyl (C=O) groups excluding carboxylic acids is 4. The van der Waals surface area contributed by atoms with E-state index in [-0.39, 0.29) is 47.8 Å². The molecule has 2 saturated heterocycles. The number of methoxy groups -OCH3 is 2. The van der Waals surface area contributed by atoms with Gasteiger partial charge in [0.25, 0.3) is 0 Å². The molecule has 3 N–H and O–H groups in total. The lowest BCUT2D eigenvalue weighted by molar-refractivity contribution is -0.137. The third-order valence-corrected chi connectivity index (χ3v) is 13.0. The van der Waals surface area contributed by atoms with E-state index < -0.39 is 24.3 Å². The summed E-state index contributed by atoms with van der Waals surface area (Å²) >= 11 is 0. The SMILES string of the molecule is COC(=O)N[C@H](C(=O)N1[C@@H]2C[C@@H]2C[C@H]1C1=Nc2ccc(-c3ccc4cc(-c5cnc([C@@H]6C[C@H]7C[C@H]7N6C(=O)[C@@H](NC(=O)OC)C(C)C)[nH]5)ccc4c3)cc2C1)C(C)C.